The van der Waals surface area contributed by atoms with Crippen LogP contribution in [-0.4, -0.2) is 65.9 Å². The summed E-state index contributed by atoms with van der Waals surface area (Å²) in [6.45, 7) is 5.52. The van der Waals surface area contributed by atoms with Crippen LogP contribution in [-0.2, 0) is 6.54 Å². The third-order valence-electron chi connectivity index (χ3n) is 4.56. The first kappa shape index (κ1) is 28.6. The van der Waals surface area contributed by atoms with Gasteiger partial charge in [-0.15, -0.1) is 24.0 Å². The van der Waals surface area contributed by atoms with E-state index in [9.17, 15) is 0 Å². The van der Waals surface area contributed by atoms with E-state index in [1.165, 1.54) is 32.2 Å². The summed E-state index contributed by atoms with van der Waals surface area (Å²) in [4.78, 5) is 6.94. The number of unbranched alkanes of at least 4 members (excludes halogenated alkanes) is 4. The molecule has 0 aliphatic rings. The highest BCUT2D eigenvalue weighted by atomic mass is 127. The van der Waals surface area contributed by atoms with E-state index < -0.39 is 0 Å². The smallest absolute Gasteiger partial charge is 0.203 e. The number of methoxy groups -OCH3 is 3. The van der Waals surface area contributed by atoms with Crippen LogP contribution in [0.25, 0.3) is 0 Å². The molecule has 0 radical (unpaired) electrons. The zero-order valence-electron chi connectivity index (χ0n) is 19.5. The SMILES string of the molecule is CCNC(=NCc1cc(OC)c(OC)c(OC)c1)NCCCCCCCN(C)C.I. The van der Waals surface area contributed by atoms with Crippen LogP contribution in [0.4, 0.5) is 0 Å². The maximum atomic E-state index is 5.42. The molecule has 1 aromatic rings. The molecule has 0 saturated heterocycles. The molecule has 7 nitrogen and oxygen atoms in total. The zero-order chi connectivity index (χ0) is 21.5. The summed E-state index contributed by atoms with van der Waals surface area (Å²) >= 11 is 0. The number of ether oxygens (including phenoxy) is 3. The number of hydrogen-bond donors (Lipinski definition) is 2. The maximum absolute atomic E-state index is 5.42. The van der Waals surface area contributed by atoms with Crippen molar-refractivity contribution in [3.8, 4) is 17.2 Å². The van der Waals surface area contributed by atoms with Crippen molar-refractivity contribution >= 4 is 29.9 Å². The van der Waals surface area contributed by atoms with E-state index in [-0.39, 0.29) is 24.0 Å². The Balaban J connectivity index is 0.00000841. The Hall–Kier alpha value is -1.42. The number of hydrogen-bond acceptors (Lipinski definition) is 5. The van der Waals surface area contributed by atoms with Crippen molar-refractivity contribution in [3.05, 3.63) is 17.7 Å². The molecule has 8 heteroatoms. The van der Waals surface area contributed by atoms with Crippen LogP contribution in [0.2, 0.25) is 0 Å². The molecule has 0 amide bonds. The van der Waals surface area contributed by atoms with Gasteiger partial charge >= 0.3 is 0 Å². The van der Waals surface area contributed by atoms with Crippen molar-refractivity contribution in [2.24, 2.45) is 4.99 Å². The van der Waals surface area contributed by atoms with Gasteiger partial charge in [0, 0.05) is 13.1 Å². The molecule has 0 aliphatic heterocycles. The van der Waals surface area contributed by atoms with Crippen molar-refractivity contribution in [3.63, 3.8) is 0 Å². The fourth-order valence-electron chi connectivity index (χ4n) is 3.03. The first-order valence-electron chi connectivity index (χ1n) is 10.5. The molecule has 0 fully saturated rings. The molecule has 30 heavy (non-hydrogen) atoms. The first-order valence-corrected chi connectivity index (χ1v) is 10.5. The molecule has 174 valence electrons. The topological polar surface area (TPSA) is 67.4 Å². The van der Waals surface area contributed by atoms with Gasteiger partial charge in [0.15, 0.2) is 17.5 Å². The first-order chi connectivity index (χ1) is 14.0. The second-order valence-electron chi connectivity index (χ2n) is 7.23. The van der Waals surface area contributed by atoms with Crippen LogP contribution < -0.4 is 24.8 Å². The highest BCUT2D eigenvalue weighted by Crippen LogP contribution is 2.38. The van der Waals surface area contributed by atoms with Crippen LogP contribution in [0.15, 0.2) is 17.1 Å². The molecule has 1 aromatic carbocycles. The molecule has 0 atom stereocenters. The van der Waals surface area contributed by atoms with Gasteiger partial charge in [-0.05, 0) is 58.1 Å². The van der Waals surface area contributed by atoms with E-state index in [0.29, 0.717) is 23.8 Å². The van der Waals surface area contributed by atoms with Gasteiger partial charge in [0.1, 0.15) is 0 Å². The molecule has 0 aromatic heterocycles. The molecular weight excluding hydrogens is 495 g/mol. The average molecular weight is 536 g/mol. The average Bonchev–Trinajstić information content (AvgIpc) is 2.72. The van der Waals surface area contributed by atoms with Gasteiger partial charge in [-0.1, -0.05) is 19.3 Å². The summed E-state index contributed by atoms with van der Waals surface area (Å²) in [5.41, 5.74) is 0.998. The van der Waals surface area contributed by atoms with E-state index in [1.807, 2.05) is 12.1 Å². The molecule has 0 saturated carbocycles. The van der Waals surface area contributed by atoms with Crippen molar-refractivity contribution in [1.29, 1.82) is 0 Å². The van der Waals surface area contributed by atoms with Gasteiger partial charge in [0.2, 0.25) is 5.75 Å². The summed E-state index contributed by atoms with van der Waals surface area (Å²) in [6.07, 6.45) is 6.25. The van der Waals surface area contributed by atoms with E-state index in [1.54, 1.807) is 21.3 Å². The molecule has 0 spiro atoms. The lowest BCUT2D eigenvalue weighted by atomic mass is 10.1. The van der Waals surface area contributed by atoms with Gasteiger partial charge in [-0.2, -0.15) is 0 Å². The number of guanidine groups is 1. The lowest BCUT2D eigenvalue weighted by Crippen LogP contribution is -2.37. The number of aliphatic imine (C=N–C) groups is 1. The minimum absolute atomic E-state index is 0. The molecule has 0 heterocycles. The molecular formula is C22H41IN4O3. The van der Waals surface area contributed by atoms with Gasteiger partial charge in [-0.3, -0.25) is 0 Å². The monoisotopic (exact) mass is 536 g/mol. The van der Waals surface area contributed by atoms with Gasteiger partial charge in [0.25, 0.3) is 0 Å². The van der Waals surface area contributed by atoms with E-state index in [4.69, 9.17) is 19.2 Å². The molecule has 2 N–H and O–H groups in total. The van der Waals surface area contributed by atoms with Crippen LogP contribution in [0.3, 0.4) is 0 Å². The highest BCUT2D eigenvalue weighted by molar-refractivity contribution is 14.0. The van der Waals surface area contributed by atoms with E-state index in [0.717, 1.165) is 31.0 Å². The Morgan fingerprint density at radius 3 is 2.03 bits per heavy atom. The lowest BCUT2D eigenvalue weighted by Gasteiger charge is -2.14. The van der Waals surface area contributed by atoms with E-state index in [2.05, 4.69) is 36.6 Å². The molecule has 0 aliphatic carbocycles. The Labute approximate surface area is 200 Å². The predicted octanol–water partition coefficient (Wildman–Crippen LogP) is 3.90. The fraction of sp³-hybridized carbons (Fsp3) is 0.682. The number of rotatable bonds is 14. The third-order valence-corrected chi connectivity index (χ3v) is 4.56. The van der Waals surface area contributed by atoms with Crippen molar-refractivity contribution in [2.45, 2.75) is 45.6 Å². The number of benzene rings is 1. The Morgan fingerprint density at radius 1 is 0.900 bits per heavy atom. The predicted molar refractivity (Wildman–Crippen MR) is 136 cm³/mol. The van der Waals surface area contributed by atoms with Crippen molar-refractivity contribution in [2.75, 3.05) is 55.1 Å². The largest absolute Gasteiger partial charge is 0.493 e. The minimum Gasteiger partial charge on any atom is -0.493 e. The quantitative estimate of drug-likeness (QED) is 0.163. The Bertz CT molecular complexity index is 587. The molecule has 0 unspecified atom stereocenters. The molecule has 1 rings (SSSR count). The maximum Gasteiger partial charge on any atom is 0.203 e. The van der Waals surface area contributed by atoms with Crippen LogP contribution >= 0.6 is 24.0 Å². The van der Waals surface area contributed by atoms with Crippen LogP contribution in [0.1, 0.15) is 44.6 Å². The lowest BCUT2D eigenvalue weighted by molar-refractivity contribution is 0.324. The van der Waals surface area contributed by atoms with Crippen molar-refractivity contribution in [1.82, 2.24) is 15.5 Å². The standard InChI is InChI=1S/C22H40N4O3.HI/c1-7-23-22(24-13-11-9-8-10-12-14-26(2)3)25-17-18-15-19(27-4)21(29-6)20(16-18)28-5;/h15-16H,7-14,17H2,1-6H3,(H2,23,24,25);1H. The summed E-state index contributed by atoms with van der Waals surface area (Å²) in [7, 11) is 9.10. The summed E-state index contributed by atoms with van der Waals surface area (Å²) in [6, 6.07) is 3.87. The second-order valence-corrected chi connectivity index (χ2v) is 7.23. The van der Waals surface area contributed by atoms with Crippen LogP contribution in [0, 0.1) is 0 Å². The summed E-state index contributed by atoms with van der Waals surface area (Å²) < 4.78 is 16.2. The third kappa shape index (κ3) is 11.1. The van der Waals surface area contributed by atoms with Crippen molar-refractivity contribution < 1.29 is 14.2 Å². The van der Waals surface area contributed by atoms with E-state index >= 15 is 0 Å². The minimum atomic E-state index is 0. The normalized spacial score (nSPS) is 11.1. The number of nitrogens with one attached hydrogen (secondary N) is 2. The summed E-state index contributed by atoms with van der Waals surface area (Å²) in [5.74, 6) is 2.71. The Kier molecular flexibility index (Phi) is 16.5. The van der Waals surface area contributed by atoms with Gasteiger partial charge < -0.3 is 29.7 Å². The highest BCUT2D eigenvalue weighted by Gasteiger charge is 2.13. The fourth-order valence-corrected chi connectivity index (χ4v) is 3.03. The Morgan fingerprint density at radius 2 is 1.50 bits per heavy atom. The second kappa shape index (κ2) is 17.3. The van der Waals surface area contributed by atoms with Gasteiger partial charge in [0.05, 0.1) is 27.9 Å². The number of halogens is 1. The van der Waals surface area contributed by atoms with Gasteiger partial charge in [-0.25, -0.2) is 4.99 Å². The zero-order valence-corrected chi connectivity index (χ0v) is 21.9. The van der Waals surface area contributed by atoms with Crippen LogP contribution in [0.5, 0.6) is 17.2 Å². The number of nitrogens with zero attached hydrogens (tertiary/aromatic N) is 2. The summed E-state index contributed by atoms with van der Waals surface area (Å²) in [5, 5.41) is 6.73. The molecule has 0 bridgehead atoms.